The molecule has 1 aromatic carbocycles. The molecule has 0 saturated heterocycles. The number of nitrogens with one attached hydrogen (secondary N) is 1. The molecule has 0 aliphatic heterocycles. The monoisotopic (exact) mass is 278 g/mol. The molecule has 0 fully saturated rings. The lowest BCUT2D eigenvalue weighted by Crippen LogP contribution is -2.14. The summed E-state index contributed by atoms with van der Waals surface area (Å²) in [7, 11) is 0. The lowest BCUT2D eigenvalue weighted by atomic mass is 10.1. The van der Waals surface area contributed by atoms with Crippen LogP contribution in [0, 0.1) is 6.92 Å². The number of nitrogens with two attached hydrogens (primary N) is 1. The van der Waals surface area contributed by atoms with E-state index in [1.807, 2.05) is 31.2 Å². The van der Waals surface area contributed by atoms with Gasteiger partial charge in [0.1, 0.15) is 5.69 Å². The van der Waals surface area contributed by atoms with Gasteiger partial charge in [0.2, 0.25) is 0 Å². The predicted molar refractivity (Wildman–Crippen MR) is 83.4 cm³/mol. The number of para-hydroxylation sites is 1. The van der Waals surface area contributed by atoms with Crippen molar-refractivity contribution < 1.29 is 0 Å². The summed E-state index contributed by atoms with van der Waals surface area (Å²) in [4.78, 5) is 11.3. The second-order valence-corrected chi connectivity index (χ2v) is 4.53. The van der Waals surface area contributed by atoms with E-state index in [0.717, 1.165) is 22.2 Å². The maximum Gasteiger partial charge on any atom is 0.173 e. The van der Waals surface area contributed by atoms with Crippen molar-refractivity contribution >= 4 is 23.0 Å². The van der Waals surface area contributed by atoms with Gasteiger partial charge in [0, 0.05) is 34.6 Å². The molecule has 3 rings (SSSR count). The molecule has 6 nitrogen and oxygen atoms in total. The summed E-state index contributed by atoms with van der Waals surface area (Å²) in [6.45, 7) is 2.00. The van der Waals surface area contributed by atoms with Gasteiger partial charge in [-0.25, -0.2) is 4.98 Å². The van der Waals surface area contributed by atoms with Crippen LogP contribution >= 0.6 is 0 Å². The molecule has 0 atom stereocenters. The van der Waals surface area contributed by atoms with Crippen LogP contribution in [0.15, 0.2) is 53.1 Å². The SMILES string of the molecule is Cc1[nH]c2ccccc2c1/C=N/N=C(/N)c1cnccn1. The zero-order valence-corrected chi connectivity index (χ0v) is 11.5. The van der Waals surface area contributed by atoms with Crippen LogP contribution in [0.2, 0.25) is 0 Å². The van der Waals surface area contributed by atoms with Crippen LogP contribution in [-0.2, 0) is 0 Å². The number of aromatic amines is 1. The van der Waals surface area contributed by atoms with E-state index in [-0.39, 0.29) is 5.84 Å². The molecule has 0 spiro atoms. The Bertz CT molecular complexity index is 817. The van der Waals surface area contributed by atoms with Gasteiger partial charge in [0.25, 0.3) is 0 Å². The Kier molecular flexibility index (Phi) is 3.42. The van der Waals surface area contributed by atoms with Gasteiger partial charge >= 0.3 is 0 Å². The highest BCUT2D eigenvalue weighted by molar-refractivity contribution is 6.01. The Morgan fingerprint density at radius 3 is 2.95 bits per heavy atom. The molecule has 0 unspecified atom stereocenters. The number of rotatable bonds is 3. The van der Waals surface area contributed by atoms with Crippen molar-refractivity contribution in [3.8, 4) is 0 Å². The quantitative estimate of drug-likeness (QED) is 0.436. The van der Waals surface area contributed by atoms with Crippen LogP contribution in [0.4, 0.5) is 0 Å². The van der Waals surface area contributed by atoms with Crippen LogP contribution in [-0.4, -0.2) is 27.0 Å². The van der Waals surface area contributed by atoms with E-state index in [1.165, 1.54) is 0 Å². The number of hydrogen-bond acceptors (Lipinski definition) is 4. The molecular formula is C15H14N6. The molecule has 21 heavy (non-hydrogen) atoms. The minimum atomic E-state index is 0.233. The summed E-state index contributed by atoms with van der Waals surface area (Å²) in [5.41, 5.74) is 9.42. The van der Waals surface area contributed by atoms with Crippen molar-refractivity contribution in [1.82, 2.24) is 15.0 Å². The van der Waals surface area contributed by atoms with Crippen LogP contribution in [0.1, 0.15) is 17.0 Å². The van der Waals surface area contributed by atoms with Gasteiger partial charge in [-0.3, -0.25) is 4.98 Å². The number of hydrogen-bond donors (Lipinski definition) is 2. The number of H-pyrrole nitrogens is 1. The van der Waals surface area contributed by atoms with Crippen molar-refractivity contribution in [2.45, 2.75) is 6.92 Å². The molecule has 0 saturated carbocycles. The van der Waals surface area contributed by atoms with E-state index in [2.05, 4.69) is 25.2 Å². The molecule has 104 valence electrons. The topological polar surface area (TPSA) is 92.3 Å². The van der Waals surface area contributed by atoms with E-state index in [9.17, 15) is 0 Å². The molecule has 0 aliphatic carbocycles. The number of aromatic nitrogens is 3. The van der Waals surface area contributed by atoms with Crippen molar-refractivity contribution in [2.24, 2.45) is 15.9 Å². The fourth-order valence-corrected chi connectivity index (χ4v) is 2.10. The highest BCUT2D eigenvalue weighted by Crippen LogP contribution is 2.19. The van der Waals surface area contributed by atoms with Gasteiger partial charge in [-0.1, -0.05) is 18.2 Å². The number of nitrogens with zero attached hydrogens (tertiary/aromatic N) is 4. The fourth-order valence-electron chi connectivity index (χ4n) is 2.10. The van der Waals surface area contributed by atoms with Gasteiger partial charge in [-0.2, -0.15) is 5.10 Å². The van der Waals surface area contributed by atoms with Crippen LogP contribution in [0.3, 0.4) is 0 Å². The van der Waals surface area contributed by atoms with Crippen LogP contribution in [0.25, 0.3) is 10.9 Å². The molecule has 0 aliphatic rings. The lowest BCUT2D eigenvalue weighted by molar-refractivity contribution is 1.14. The number of amidine groups is 1. The summed E-state index contributed by atoms with van der Waals surface area (Å²) in [6.07, 6.45) is 6.38. The Labute approximate surface area is 121 Å². The fraction of sp³-hybridized carbons (Fsp3) is 0.0667. The smallest absolute Gasteiger partial charge is 0.173 e. The summed E-state index contributed by atoms with van der Waals surface area (Å²) in [5, 5.41) is 9.12. The highest BCUT2D eigenvalue weighted by Gasteiger charge is 2.05. The van der Waals surface area contributed by atoms with Crippen molar-refractivity contribution in [3.05, 3.63) is 59.8 Å². The minimum absolute atomic E-state index is 0.233. The Morgan fingerprint density at radius 1 is 1.29 bits per heavy atom. The van der Waals surface area contributed by atoms with E-state index in [1.54, 1.807) is 24.8 Å². The van der Waals surface area contributed by atoms with E-state index >= 15 is 0 Å². The standard InChI is InChI=1S/C15H14N6/c1-10-12(11-4-2-3-5-13(11)20-10)8-19-21-15(16)14-9-17-6-7-18-14/h2-9,20H,1H3,(H2,16,21)/b19-8+. The minimum Gasteiger partial charge on any atom is -0.380 e. The molecular weight excluding hydrogens is 264 g/mol. The normalized spacial score (nSPS) is 12.3. The van der Waals surface area contributed by atoms with E-state index < -0.39 is 0 Å². The molecule has 6 heteroatoms. The van der Waals surface area contributed by atoms with Crippen molar-refractivity contribution in [1.29, 1.82) is 0 Å². The van der Waals surface area contributed by atoms with Gasteiger partial charge in [0.05, 0.1) is 12.4 Å². The largest absolute Gasteiger partial charge is 0.380 e. The van der Waals surface area contributed by atoms with Gasteiger partial charge in [-0.15, -0.1) is 5.10 Å². The summed E-state index contributed by atoms with van der Waals surface area (Å²) in [5.74, 6) is 0.233. The summed E-state index contributed by atoms with van der Waals surface area (Å²) < 4.78 is 0. The first kappa shape index (κ1) is 13.0. The van der Waals surface area contributed by atoms with E-state index in [4.69, 9.17) is 5.73 Å². The molecule has 2 aromatic heterocycles. The molecule has 0 bridgehead atoms. The zero-order valence-electron chi connectivity index (χ0n) is 11.5. The molecule has 2 heterocycles. The average Bonchev–Trinajstić information content (AvgIpc) is 2.84. The Hall–Kier alpha value is -3.02. The number of benzene rings is 1. The molecule has 3 aromatic rings. The molecule has 0 radical (unpaired) electrons. The van der Waals surface area contributed by atoms with Crippen molar-refractivity contribution in [3.63, 3.8) is 0 Å². The number of aryl methyl sites for hydroxylation is 1. The van der Waals surface area contributed by atoms with E-state index in [0.29, 0.717) is 5.69 Å². The molecule has 0 amide bonds. The lowest BCUT2D eigenvalue weighted by Gasteiger charge is -1.95. The number of fused-ring (bicyclic) bond motifs is 1. The first-order valence-corrected chi connectivity index (χ1v) is 6.46. The second kappa shape index (κ2) is 5.54. The first-order chi connectivity index (χ1) is 10.3. The first-order valence-electron chi connectivity index (χ1n) is 6.46. The third-order valence-corrected chi connectivity index (χ3v) is 3.12. The average molecular weight is 278 g/mol. The van der Waals surface area contributed by atoms with Gasteiger partial charge < -0.3 is 10.7 Å². The molecule has 3 N–H and O–H groups in total. The summed E-state index contributed by atoms with van der Waals surface area (Å²) >= 11 is 0. The maximum atomic E-state index is 5.81. The summed E-state index contributed by atoms with van der Waals surface area (Å²) in [6, 6.07) is 8.04. The highest BCUT2D eigenvalue weighted by atomic mass is 15.2. The van der Waals surface area contributed by atoms with Crippen LogP contribution < -0.4 is 5.73 Å². The van der Waals surface area contributed by atoms with Crippen LogP contribution in [0.5, 0.6) is 0 Å². The van der Waals surface area contributed by atoms with Gasteiger partial charge in [0.15, 0.2) is 5.84 Å². The van der Waals surface area contributed by atoms with Gasteiger partial charge in [-0.05, 0) is 13.0 Å². The Morgan fingerprint density at radius 2 is 2.14 bits per heavy atom. The second-order valence-electron chi connectivity index (χ2n) is 4.53. The van der Waals surface area contributed by atoms with Crippen molar-refractivity contribution in [2.75, 3.05) is 0 Å². The third-order valence-electron chi connectivity index (χ3n) is 3.12. The zero-order chi connectivity index (χ0) is 14.7. The Balaban J connectivity index is 1.90. The maximum absolute atomic E-state index is 5.81. The third kappa shape index (κ3) is 2.64. The predicted octanol–water partition coefficient (Wildman–Crippen LogP) is 2.01.